The van der Waals surface area contributed by atoms with Gasteiger partial charge in [0.25, 0.3) is 12.0 Å². The predicted molar refractivity (Wildman–Crippen MR) is 121 cm³/mol. The Morgan fingerprint density at radius 2 is 1.91 bits per heavy atom. The number of aromatic nitrogens is 5. The summed E-state index contributed by atoms with van der Waals surface area (Å²) >= 11 is 0. The van der Waals surface area contributed by atoms with Gasteiger partial charge >= 0.3 is 0 Å². The van der Waals surface area contributed by atoms with Gasteiger partial charge in [-0.1, -0.05) is 6.07 Å². The molecule has 33 heavy (non-hydrogen) atoms. The first-order valence-electron chi connectivity index (χ1n) is 10.3. The molecule has 0 N–H and O–H groups in total. The normalized spacial score (nSPS) is 11.5. The maximum Gasteiger partial charge on any atom is 0.280 e. The zero-order valence-corrected chi connectivity index (χ0v) is 17.9. The van der Waals surface area contributed by atoms with E-state index in [0.717, 1.165) is 10.9 Å². The molecule has 4 heterocycles. The molecule has 5 rings (SSSR count). The minimum absolute atomic E-state index is 0.258. The molecule has 0 atom stereocenters. The Hall–Kier alpha value is -4.14. The van der Waals surface area contributed by atoms with Crippen molar-refractivity contribution in [3.63, 3.8) is 0 Å². The van der Waals surface area contributed by atoms with E-state index >= 15 is 0 Å². The summed E-state index contributed by atoms with van der Waals surface area (Å²) in [7, 11) is 1.83. The number of halogens is 2. The molecule has 0 amide bonds. The Morgan fingerprint density at radius 1 is 1.06 bits per heavy atom. The van der Waals surface area contributed by atoms with Crippen molar-refractivity contribution in [1.29, 1.82) is 0 Å². The van der Waals surface area contributed by atoms with Gasteiger partial charge in [-0.25, -0.2) is 13.8 Å². The van der Waals surface area contributed by atoms with Crippen LogP contribution < -0.4 is 10.3 Å². The van der Waals surface area contributed by atoms with E-state index in [1.165, 1.54) is 22.9 Å². The van der Waals surface area contributed by atoms with Crippen molar-refractivity contribution in [1.82, 2.24) is 24.3 Å². The summed E-state index contributed by atoms with van der Waals surface area (Å²) in [6.07, 6.45) is 2.16. The highest BCUT2D eigenvalue weighted by molar-refractivity contribution is 5.93. The summed E-state index contributed by atoms with van der Waals surface area (Å²) in [5.41, 5.74) is 1.82. The van der Waals surface area contributed by atoms with E-state index in [1.54, 1.807) is 16.9 Å². The fourth-order valence-corrected chi connectivity index (χ4v) is 3.82. The number of pyridine rings is 3. The lowest BCUT2D eigenvalue weighted by atomic mass is 10.1. The van der Waals surface area contributed by atoms with E-state index in [2.05, 4.69) is 15.1 Å². The summed E-state index contributed by atoms with van der Waals surface area (Å²) in [5.74, 6) is 0.373. The number of benzene rings is 1. The molecule has 166 valence electrons. The van der Waals surface area contributed by atoms with Gasteiger partial charge < -0.3 is 4.74 Å². The average molecular weight is 447 g/mol. The van der Waals surface area contributed by atoms with Crippen molar-refractivity contribution in [2.24, 2.45) is 7.05 Å². The summed E-state index contributed by atoms with van der Waals surface area (Å²) in [4.78, 5) is 22.1. The van der Waals surface area contributed by atoms with Crippen LogP contribution >= 0.6 is 0 Å². The molecule has 9 heteroatoms. The molecule has 0 aliphatic rings. The van der Waals surface area contributed by atoms with Crippen LogP contribution in [0.2, 0.25) is 0 Å². The second-order valence-corrected chi connectivity index (χ2v) is 7.52. The molecule has 0 saturated carbocycles. The third-order valence-corrected chi connectivity index (χ3v) is 5.31. The van der Waals surface area contributed by atoms with Crippen molar-refractivity contribution in [2.75, 3.05) is 6.61 Å². The largest absolute Gasteiger partial charge is 0.478 e. The minimum Gasteiger partial charge on any atom is -0.478 e. The lowest BCUT2D eigenvalue weighted by Gasteiger charge is -2.13. The second-order valence-electron chi connectivity index (χ2n) is 7.52. The van der Waals surface area contributed by atoms with Crippen molar-refractivity contribution < 1.29 is 13.5 Å². The SMILES string of the molecule is CCOc1ccc2cn(-c3ccc4nn(C)cc4c3)c(=O)c(-c3ccc(C(F)F)nc3)c2n1. The van der Waals surface area contributed by atoms with Crippen LogP contribution in [0.25, 0.3) is 38.6 Å². The third-order valence-electron chi connectivity index (χ3n) is 5.31. The van der Waals surface area contributed by atoms with Gasteiger partial charge in [0.15, 0.2) is 0 Å². The maximum atomic E-state index is 13.7. The van der Waals surface area contributed by atoms with E-state index in [1.807, 2.05) is 44.4 Å². The molecule has 4 aromatic heterocycles. The van der Waals surface area contributed by atoms with Crippen LogP contribution in [-0.4, -0.2) is 30.9 Å². The van der Waals surface area contributed by atoms with Crippen molar-refractivity contribution >= 4 is 21.8 Å². The maximum absolute atomic E-state index is 13.7. The van der Waals surface area contributed by atoms with E-state index in [9.17, 15) is 13.6 Å². The van der Waals surface area contributed by atoms with Gasteiger partial charge in [-0.2, -0.15) is 5.10 Å². The Labute approximate surface area is 186 Å². The summed E-state index contributed by atoms with van der Waals surface area (Å²) < 4.78 is 34.8. The van der Waals surface area contributed by atoms with Crippen LogP contribution in [0.15, 0.2) is 65.8 Å². The Bertz CT molecular complexity index is 1540. The quantitative estimate of drug-likeness (QED) is 0.391. The lowest BCUT2D eigenvalue weighted by Crippen LogP contribution is -2.20. The van der Waals surface area contributed by atoms with Gasteiger partial charge in [0.2, 0.25) is 5.88 Å². The van der Waals surface area contributed by atoms with Crippen LogP contribution in [-0.2, 0) is 7.05 Å². The standard InChI is InChI=1S/C24H19F2N5O2/c1-3-33-20-9-5-15-13-31(17-6-8-18-16(10-17)12-30(2)29-18)24(32)21(22(15)28-20)14-4-7-19(23(25)26)27-11-14/h4-13,23H,3H2,1-2H3. The van der Waals surface area contributed by atoms with Crippen LogP contribution in [0.5, 0.6) is 5.88 Å². The summed E-state index contributed by atoms with van der Waals surface area (Å²) in [6, 6.07) is 11.8. The van der Waals surface area contributed by atoms with Gasteiger partial charge in [0.1, 0.15) is 5.69 Å². The van der Waals surface area contributed by atoms with Crippen molar-refractivity contribution in [3.05, 3.63) is 77.1 Å². The molecule has 0 radical (unpaired) electrons. The third kappa shape index (κ3) is 3.71. The molecule has 1 aromatic carbocycles. The van der Waals surface area contributed by atoms with E-state index in [0.29, 0.717) is 34.6 Å². The smallest absolute Gasteiger partial charge is 0.280 e. The molecule has 0 bridgehead atoms. The highest BCUT2D eigenvalue weighted by atomic mass is 19.3. The van der Waals surface area contributed by atoms with Crippen LogP contribution in [0.3, 0.4) is 0 Å². The van der Waals surface area contributed by atoms with E-state index in [-0.39, 0.29) is 16.8 Å². The molecule has 5 aromatic rings. The Kier molecular flexibility index (Phi) is 5.08. The zero-order chi connectivity index (χ0) is 23.1. The highest BCUT2D eigenvalue weighted by Crippen LogP contribution is 2.28. The fraction of sp³-hybridized carbons (Fsp3) is 0.167. The Morgan fingerprint density at radius 3 is 2.64 bits per heavy atom. The molecule has 0 fully saturated rings. The first kappa shape index (κ1) is 20.7. The molecule has 0 saturated heterocycles. The van der Waals surface area contributed by atoms with Gasteiger partial charge in [-0.05, 0) is 37.3 Å². The molecular weight excluding hydrogens is 428 g/mol. The van der Waals surface area contributed by atoms with Crippen molar-refractivity contribution in [3.8, 4) is 22.7 Å². The highest BCUT2D eigenvalue weighted by Gasteiger charge is 2.18. The molecule has 0 unspecified atom stereocenters. The number of rotatable bonds is 5. The van der Waals surface area contributed by atoms with Gasteiger partial charge in [0, 0.05) is 53.7 Å². The lowest BCUT2D eigenvalue weighted by molar-refractivity contribution is 0.146. The number of ether oxygens (including phenoxy) is 1. The van der Waals surface area contributed by atoms with Gasteiger partial charge in [-0.3, -0.25) is 19.0 Å². The van der Waals surface area contributed by atoms with Crippen LogP contribution in [0.1, 0.15) is 19.0 Å². The predicted octanol–water partition coefficient (Wildman–Crippen LogP) is 4.67. The van der Waals surface area contributed by atoms with Gasteiger partial charge in [-0.15, -0.1) is 0 Å². The molecular formula is C24H19F2N5O2. The molecule has 0 spiro atoms. The van der Waals surface area contributed by atoms with E-state index in [4.69, 9.17) is 4.74 Å². The number of hydrogen-bond acceptors (Lipinski definition) is 5. The molecule has 0 aliphatic carbocycles. The first-order chi connectivity index (χ1) is 15.9. The van der Waals surface area contributed by atoms with Crippen LogP contribution in [0.4, 0.5) is 8.78 Å². The number of aryl methyl sites for hydroxylation is 1. The fourth-order valence-electron chi connectivity index (χ4n) is 3.82. The number of hydrogen-bond donors (Lipinski definition) is 0. The monoisotopic (exact) mass is 447 g/mol. The number of nitrogens with zero attached hydrogens (tertiary/aromatic N) is 5. The molecule has 0 aliphatic heterocycles. The number of alkyl halides is 2. The summed E-state index contributed by atoms with van der Waals surface area (Å²) in [6.45, 7) is 2.26. The second kappa shape index (κ2) is 8.09. The first-order valence-corrected chi connectivity index (χ1v) is 10.3. The summed E-state index contributed by atoms with van der Waals surface area (Å²) in [5, 5.41) is 5.95. The minimum atomic E-state index is -2.70. The Balaban J connectivity index is 1.78. The van der Waals surface area contributed by atoms with Gasteiger partial charge in [0.05, 0.1) is 23.2 Å². The zero-order valence-electron chi connectivity index (χ0n) is 17.9. The van der Waals surface area contributed by atoms with E-state index < -0.39 is 6.43 Å². The average Bonchev–Trinajstić information content (AvgIpc) is 3.18. The van der Waals surface area contributed by atoms with Crippen molar-refractivity contribution in [2.45, 2.75) is 13.3 Å². The topological polar surface area (TPSA) is 74.8 Å². The van der Waals surface area contributed by atoms with Crippen LogP contribution in [0, 0.1) is 0 Å². The molecule has 7 nitrogen and oxygen atoms in total. The number of fused-ring (bicyclic) bond motifs is 2.